The summed E-state index contributed by atoms with van der Waals surface area (Å²) in [4.78, 5) is 14.2. The Bertz CT molecular complexity index is 533. The standard InChI is InChI=1S/C14H24F3N5O/c1-9(2)10(3)21(8-14(15,16)17)11(23)7-22-19-12(18-20-22)13(4,5)6/h9-10H,7-8H2,1-6H3. The molecule has 1 amide bonds. The Hall–Kier alpha value is -1.67. The fourth-order valence-corrected chi connectivity index (χ4v) is 1.83. The van der Waals surface area contributed by atoms with Gasteiger partial charge >= 0.3 is 6.18 Å². The zero-order chi connectivity index (χ0) is 18.0. The molecule has 23 heavy (non-hydrogen) atoms. The first-order valence-corrected chi connectivity index (χ1v) is 7.46. The van der Waals surface area contributed by atoms with Crippen molar-refractivity contribution in [2.75, 3.05) is 6.54 Å². The Balaban J connectivity index is 2.91. The van der Waals surface area contributed by atoms with Crippen molar-refractivity contribution in [3.63, 3.8) is 0 Å². The number of hydrogen-bond acceptors (Lipinski definition) is 4. The molecule has 0 saturated carbocycles. The Kier molecular flexibility index (Phi) is 5.76. The summed E-state index contributed by atoms with van der Waals surface area (Å²) >= 11 is 0. The molecule has 9 heteroatoms. The molecule has 1 aromatic heterocycles. The number of amides is 1. The average molecular weight is 335 g/mol. The van der Waals surface area contributed by atoms with Crippen molar-refractivity contribution >= 4 is 5.91 Å². The van der Waals surface area contributed by atoms with Gasteiger partial charge in [-0.25, -0.2) is 0 Å². The molecular formula is C14H24F3N5O. The van der Waals surface area contributed by atoms with Gasteiger partial charge in [-0.05, 0) is 18.1 Å². The molecule has 0 bridgehead atoms. The van der Waals surface area contributed by atoms with Crippen LogP contribution in [0.5, 0.6) is 0 Å². The molecule has 1 unspecified atom stereocenters. The lowest BCUT2D eigenvalue weighted by molar-refractivity contribution is -0.167. The quantitative estimate of drug-likeness (QED) is 0.829. The first kappa shape index (κ1) is 19.4. The maximum atomic E-state index is 12.7. The number of hydrogen-bond donors (Lipinski definition) is 0. The summed E-state index contributed by atoms with van der Waals surface area (Å²) < 4.78 is 38.2. The highest BCUT2D eigenvalue weighted by Gasteiger charge is 2.36. The number of nitrogens with zero attached hydrogens (tertiary/aromatic N) is 5. The number of alkyl halides is 3. The van der Waals surface area contributed by atoms with Gasteiger partial charge in [-0.2, -0.15) is 18.0 Å². The summed E-state index contributed by atoms with van der Waals surface area (Å²) in [7, 11) is 0. The molecular weight excluding hydrogens is 311 g/mol. The molecule has 1 rings (SSSR count). The second kappa shape index (κ2) is 6.84. The first-order valence-electron chi connectivity index (χ1n) is 7.46. The Labute approximate surface area is 134 Å². The lowest BCUT2D eigenvalue weighted by Crippen LogP contribution is -2.48. The highest BCUT2D eigenvalue weighted by Crippen LogP contribution is 2.21. The van der Waals surface area contributed by atoms with E-state index in [2.05, 4.69) is 15.4 Å². The minimum absolute atomic E-state index is 0.102. The molecule has 0 spiro atoms. The normalized spacial score (nSPS) is 14.2. The monoisotopic (exact) mass is 335 g/mol. The summed E-state index contributed by atoms with van der Waals surface area (Å²) in [5.41, 5.74) is -0.349. The lowest BCUT2D eigenvalue weighted by Gasteiger charge is -2.32. The molecule has 0 aliphatic rings. The predicted molar refractivity (Wildman–Crippen MR) is 78.6 cm³/mol. The highest BCUT2D eigenvalue weighted by atomic mass is 19.4. The summed E-state index contributed by atoms with van der Waals surface area (Å²) in [5.74, 6) is -0.346. The Morgan fingerprint density at radius 1 is 1.22 bits per heavy atom. The molecule has 1 atom stereocenters. The van der Waals surface area contributed by atoms with E-state index in [0.29, 0.717) is 5.82 Å². The third-order valence-electron chi connectivity index (χ3n) is 3.53. The summed E-state index contributed by atoms with van der Waals surface area (Å²) in [6.07, 6.45) is -4.45. The van der Waals surface area contributed by atoms with Gasteiger partial charge in [0.15, 0.2) is 5.82 Å². The van der Waals surface area contributed by atoms with Crippen LogP contribution in [-0.2, 0) is 16.8 Å². The van der Waals surface area contributed by atoms with Gasteiger partial charge < -0.3 is 4.90 Å². The predicted octanol–water partition coefficient (Wildman–Crippen LogP) is 2.41. The summed E-state index contributed by atoms with van der Waals surface area (Å²) in [5, 5.41) is 11.7. The van der Waals surface area contributed by atoms with Crippen molar-refractivity contribution in [3.8, 4) is 0 Å². The van der Waals surface area contributed by atoms with Crippen LogP contribution in [0, 0.1) is 5.92 Å². The van der Waals surface area contributed by atoms with E-state index in [4.69, 9.17) is 0 Å². The fourth-order valence-electron chi connectivity index (χ4n) is 1.83. The molecule has 0 aliphatic heterocycles. The van der Waals surface area contributed by atoms with Gasteiger partial charge in [0, 0.05) is 11.5 Å². The third-order valence-corrected chi connectivity index (χ3v) is 3.53. The fraction of sp³-hybridized carbons (Fsp3) is 0.857. The second-order valence-corrected chi connectivity index (χ2v) is 7.01. The molecule has 1 heterocycles. The van der Waals surface area contributed by atoms with Gasteiger partial charge in [-0.15, -0.1) is 10.2 Å². The third kappa shape index (κ3) is 5.80. The maximum absolute atomic E-state index is 12.7. The van der Waals surface area contributed by atoms with Crippen LogP contribution in [0.2, 0.25) is 0 Å². The van der Waals surface area contributed by atoms with Crippen molar-refractivity contribution in [1.82, 2.24) is 25.1 Å². The van der Waals surface area contributed by atoms with Crippen molar-refractivity contribution in [2.45, 2.75) is 65.7 Å². The van der Waals surface area contributed by atoms with E-state index in [1.165, 1.54) is 0 Å². The van der Waals surface area contributed by atoms with Gasteiger partial charge in [0.1, 0.15) is 13.1 Å². The molecule has 0 N–H and O–H groups in total. The average Bonchev–Trinajstić information content (AvgIpc) is 2.82. The summed E-state index contributed by atoms with van der Waals surface area (Å²) in [6, 6.07) is -0.547. The Morgan fingerprint density at radius 3 is 2.17 bits per heavy atom. The van der Waals surface area contributed by atoms with Crippen LogP contribution in [0.15, 0.2) is 0 Å². The van der Waals surface area contributed by atoms with Gasteiger partial charge in [0.2, 0.25) is 5.91 Å². The molecule has 1 aromatic rings. The van der Waals surface area contributed by atoms with Gasteiger partial charge in [-0.1, -0.05) is 34.6 Å². The largest absolute Gasteiger partial charge is 0.406 e. The van der Waals surface area contributed by atoms with Crippen LogP contribution in [0.3, 0.4) is 0 Å². The Morgan fingerprint density at radius 2 is 1.78 bits per heavy atom. The van der Waals surface area contributed by atoms with E-state index in [1.54, 1.807) is 20.8 Å². The minimum Gasteiger partial charge on any atom is -0.329 e. The first-order chi connectivity index (χ1) is 10.3. The van der Waals surface area contributed by atoms with Crippen LogP contribution in [0.25, 0.3) is 0 Å². The molecule has 0 aromatic carbocycles. The van der Waals surface area contributed by atoms with Crippen LogP contribution in [0.1, 0.15) is 47.4 Å². The number of rotatable bonds is 5. The number of halogens is 3. The number of carbonyl (C=O) groups is 1. The molecule has 0 aliphatic carbocycles. The van der Waals surface area contributed by atoms with Crippen molar-refractivity contribution in [3.05, 3.63) is 5.82 Å². The van der Waals surface area contributed by atoms with Gasteiger partial charge in [0.05, 0.1) is 0 Å². The van der Waals surface area contributed by atoms with E-state index in [9.17, 15) is 18.0 Å². The van der Waals surface area contributed by atoms with Crippen molar-refractivity contribution < 1.29 is 18.0 Å². The molecule has 132 valence electrons. The molecule has 0 saturated heterocycles. The number of aromatic nitrogens is 4. The number of tetrazole rings is 1. The van der Waals surface area contributed by atoms with Crippen molar-refractivity contribution in [1.29, 1.82) is 0 Å². The van der Waals surface area contributed by atoms with Crippen LogP contribution in [0.4, 0.5) is 13.2 Å². The highest BCUT2D eigenvalue weighted by molar-refractivity contribution is 5.76. The summed E-state index contributed by atoms with van der Waals surface area (Å²) in [6.45, 7) is 9.14. The molecule has 0 radical (unpaired) electrons. The SMILES string of the molecule is CC(C)C(C)N(CC(F)(F)F)C(=O)Cn1nnc(C(C)(C)C)n1. The zero-order valence-corrected chi connectivity index (χ0v) is 14.3. The minimum atomic E-state index is -4.45. The van der Waals surface area contributed by atoms with E-state index in [-0.39, 0.29) is 17.9 Å². The van der Waals surface area contributed by atoms with Crippen LogP contribution >= 0.6 is 0 Å². The topological polar surface area (TPSA) is 63.9 Å². The zero-order valence-electron chi connectivity index (χ0n) is 14.3. The molecule has 0 fully saturated rings. The van der Waals surface area contributed by atoms with Gasteiger partial charge in [-0.3, -0.25) is 4.79 Å². The van der Waals surface area contributed by atoms with E-state index >= 15 is 0 Å². The maximum Gasteiger partial charge on any atom is 0.406 e. The molecule has 6 nitrogen and oxygen atoms in total. The van der Waals surface area contributed by atoms with Crippen molar-refractivity contribution in [2.24, 2.45) is 5.92 Å². The second-order valence-electron chi connectivity index (χ2n) is 7.01. The van der Waals surface area contributed by atoms with E-state index in [1.807, 2.05) is 20.8 Å². The number of carbonyl (C=O) groups excluding carboxylic acids is 1. The smallest absolute Gasteiger partial charge is 0.329 e. The van der Waals surface area contributed by atoms with Crippen LogP contribution in [-0.4, -0.2) is 49.8 Å². The van der Waals surface area contributed by atoms with Gasteiger partial charge in [0.25, 0.3) is 0 Å². The lowest BCUT2D eigenvalue weighted by atomic mass is 9.96. The van der Waals surface area contributed by atoms with E-state index < -0.39 is 24.7 Å². The van der Waals surface area contributed by atoms with Crippen LogP contribution < -0.4 is 0 Å². The van der Waals surface area contributed by atoms with E-state index in [0.717, 1.165) is 9.70 Å².